The van der Waals surface area contributed by atoms with E-state index in [1.165, 1.54) is 0 Å². The summed E-state index contributed by atoms with van der Waals surface area (Å²) in [6, 6.07) is 35.4. The number of primary amides is 1. The van der Waals surface area contributed by atoms with Crippen molar-refractivity contribution in [2.24, 2.45) is 5.73 Å². The molecule has 0 aromatic heterocycles. The van der Waals surface area contributed by atoms with Gasteiger partial charge in [-0.3, -0.25) is 9.59 Å². The van der Waals surface area contributed by atoms with Gasteiger partial charge >= 0.3 is 6.09 Å². The zero-order valence-electron chi connectivity index (χ0n) is 23.1. The van der Waals surface area contributed by atoms with Crippen molar-refractivity contribution in [3.05, 3.63) is 138 Å². The van der Waals surface area contributed by atoms with Gasteiger partial charge in [0, 0.05) is 24.3 Å². The number of benzene rings is 4. The number of hydrogen-bond donors (Lipinski definition) is 2. The van der Waals surface area contributed by atoms with E-state index < -0.39 is 18.5 Å². The summed E-state index contributed by atoms with van der Waals surface area (Å²) < 4.78 is 15.0. The van der Waals surface area contributed by atoms with E-state index in [0.717, 1.165) is 0 Å². The van der Waals surface area contributed by atoms with Crippen molar-refractivity contribution in [2.45, 2.75) is 26.2 Å². The van der Waals surface area contributed by atoms with Crippen LogP contribution < -0.4 is 10.5 Å². The Morgan fingerprint density at radius 1 is 0.634 bits per heavy atom. The zero-order chi connectivity index (χ0) is 29.9. The van der Waals surface area contributed by atoms with E-state index in [-0.39, 0.29) is 11.6 Å². The predicted octanol–water partition coefficient (Wildman–Crippen LogP) is 6.02. The topological polar surface area (TPSA) is 125 Å². The van der Waals surface area contributed by atoms with Gasteiger partial charge in [-0.15, -0.1) is 0 Å². The molecule has 0 heterocycles. The number of ether oxygens (including phenoxy) is 3. The molecule has 1 atom stereocenters. The highest BCUT2D eigenvalue weighted by Gasteiger charge is 2.20. The molecule has 4 rings (SSSR count). The summed E-state index contributed by atoms with van der Waals surface area (Å²) in [6.07, 6.45) is -2.64. The number of para-hydroxylation sites is 1. The Kier molecular flexibility index (Phi) is 14.8. The minimum absolute atomic E-state index is 0.126. The molecule has 3 N–H and O–H groups in total. The summed E-state index contributed by atoms with van der Waals surface area (Å²) in [5.74, 6) is 0.0705. The lowest BCUT2D eigenvalue weighted by atomic mass is 10.0. The number of carbonyl (C=O) groups is 3. The Hall–Kier alpha value is -4.63. The fourth-order valence-electron chi connectivity index (χ4n) is 3.39. The van der Waals surface area contributed by atoms with E-state index in [2.05, 4.69) is 4.74 Å². The molecular weight excluding hydrogens is 522 g/mol. The number of nitrogens with two attached hydrogens (primary N) is 1. The van der Waals surface area contributed by atoms with Crippen LogP contribution in [0.3, 0.4) is 0 Å². The van der Waals surface area contributed by atoms with Crippen LogP contribution in [0.5, 0.6) is 5.75 Å². The quantitative estimate of drug-likeness (QED) is 0.181. The van der Waals surface area contributed by atoms with Crippen LogP contribution in [0.4, 0.5) is 4.79 Å². The summed E-state index contributed by atoms with van der Waals surface area (Å²) in [5.41, 5.74) is 6.53. The highest BCUT2D eigenvalue weighted by molar-refractivity contribution is 6.00. The summed E-state index contributed by atoms with van der Waals surface area (Å²) in [5, 5.41) is 9.89. The summed E-state index contributed by atoms with van der Waals surface area (Å²) in [7, 11) is 0. The SMILES string of the molecule is CCOC(OCC)C(=O)c1ccccc1.NC(=O)Oc1ccccc1.O=C(c1ccccc1)C(O)c1ccccc1. The first-order chi connectivity index (χ1) is 19.9. The second-order valence-electron chi connectivity index (χ2n) is 8.25. The molecule has 8 heteroatoms. The molecule has 1 unspecified atom stereocenters. The van der Waals surface area contributed by atoms with Crippen LogP contribution in [-0.4, -0.2) is 42.3 Å². The number of aliphatic hydroxyl groups is 1. The average Bonchev–Trinajstić information content (AvgIpc) is 3.02. The van der Waals surface area contributed by atoms with Crippen LogP contribution in [0.1, 0.15) is 46.2 Å². The first-order valence-electron chi connectivity index (χ1n) is 13.0. The third-order valence-electron chi connectivity index (χ3n) is 5.29. The van der Waals surface area contributed by atoms with Crippen LogP contribution in [-0.2, 0) is 9.47 Å². The number of carbonyl (C=O) groups excluding carboxylic acids is 3. The normalized spacial score (nSPS) is 10.7. The van der Waals surface area contributed by atoms with Crippen molar-refractivity contribution >= 4 is 17.7 Å². The van der Waals surface area contributed by atoms with Gasteiger partial charge in [0.2, 0.25) is 12.1 Å². The molecule has 41 heavy (non-hydrogen) atoms. The molecule has 0 spiro atoms. The maximum Gasteiger partial charge on any atom is 0.409 e. The summed E-state index contributed by atoms with van der Waals surface area (Å²) in [4.78, 5) is 33.9. The standard InChI is InChI=1S/C14H12O2.C12H16O3.C7H7NO2/c15-13(11-7-3-1-4-8-11)14(16)12-9-5-2-6-10-12;1-3-14-12(15-4-2)11(13)10-8-6-5-7-9-10;8-7(9)10-6-4-2-1-3-5-6/h1-10,13,15H;5-9,12H,3-4H2,1-2H3;1-5H,(H2,8,9). The lowest BCUT2D eigenvalue weighted by Gasteiger charge is -2.15. The molecule has 214 valence electrons. The van der Waals surface area contributed by atoms with Crippen LogP contribution in [0.15, 0.2) is 121 Å². The Balaban J connectivity index is 0.000000221. The van der Waals surface area contributed by atoms with Crippen LogP contribution >= 0.6 is 0 Å². The third-order valence-corrected chi connectivity index (χ3v) is 5.29. The first kappa shape index (κ1) is 32.6. The van der Waals surface area contributed by atoms with Crippen molar-refractivity contribution in [3.8, 4) is 5.75 Å². The smallest absolute Gasteiger partial charge is 0.409 e. The fraction of sp³-hybridized carbons (Fsp3) is 0.182. The maximum absolute atomic E-state index is 11.9. The minimum atomic E-state index is -1.08. The number of amides is 1. The van der Waals surface area contributed by atoms with E-state index >= 15 is 0 Å². The van der Waals surface area contributed by atoms with Crippen molar-refractivity contribution < 1.29 is 33.7 Å². The second-order valence-corrected chi connectivity index (χ2v) is 8.25. The van der Waals surface area contributed by atoms with Gasteiger partial charge in [-0.1, -0.05) is 109 Å². The van der Waals surface area contributed by atoms with Crippen LogP contribution in [0, 0.1) is 0 Å². The third kappa shape index (κ3) is 12.0. The Labute approximate surface area is 240 Å². The zero-order valence-corrected chi connectivity index (χ0v) is 23.1. The van der Waals surface area contributed by atoms with Gasteiger partial charge in [0.1, 0.15) is 11.9 Å². The molecule has 0 saturated carbocycles. The largest absolute Gasteiger partial charge is 0.411 e. The molecular formula is C33H35NO7. The fourth-order valence-corrected chi connectivity index (χ4v) is 3.39. The van der Waals surface area contributed by atoms with Crippen molar-refractivity contribution in [3.63, 3.8) is 0 Å². The number of aliphatic hydroxyl groups excluding tert-OH is 1. The van der Waals surface area contributed by atoms with Gasteiger partial charge in [-0.2, -0.15) is 0 Å². The maximum atomic E-state index is 11.9. The second kappa shape index (κ2) is 18.6. The monoisotopic (exact) mass is 557 g/mol. The highest BCUT2D eigenvalue weighted by Crippen LogP contribution is 2.17. The van der Waals surface area contributed by atoms with Gasteiger partial charge in [-0.05, 0) is 31.5 Å². The van der Waals surface area contributed by atoms with Gasteiger partial charge in [0.15, 0.2) is 5.78 Å². The molecule has 0 aliphatic carbocycles. The van der Waals surface area contributed by atoms with Crippen LogP contribution in [0.2, 0.25) is 0 Å². The van der Waals surface area contributed by atoms with Gasteiger partial charge < -0.3 is 25.1 Å². The Morgan fingerprint density at radius 3 is 1.44 bits per heavy atom. The van der Waals surface area contributed by atoms with Crippen molar-refractivity contribution in [1.82, 2.24) is 0 Å². The van der Waals surface area contributed by atoms with Crippen molar-refractivity contribution in [2.75, 3.05) is 13.2 Å². The molecule has 0 radical (unpaired) electrons. The van der Waals surface area contributed by atoms with Gasteiger partial charge in [-0.25, -0.2) is 4.79 Å². The van der Waals surface area contributed by atoms with E-state index in [4.69, 9.17) is 15.2 Å². The van der Waals surface area contributed by atoms with E-state index in [9.17, 15) is 19.5 Å². The average molecular weight is 558 g/mol. The number of ketones is 2. The molecule has 8 nitrogen and oxygen atoms in total. The molecule has 0 saturated heterocycles. The molecule has 0 aliphatic rings. The molecule has 0 aliphatic heterocycles. The molecule has 4 aromatic rings. The van der Waals surface area contributed by atoms with Crippen LogP contribution in [0.25, 0.3) is 0 Å². The Morgan fingerprint density at radius 2 is 1.02 bits per heavy atom. The van der Waals surface area contributed by atoms with E-state index in [1.807, 2.05) is 50.2 Å². The summed E-state index contributed by atoms with van der Waals surface area (Å²) >= 11 is 0. The summed E-state index contributed by atoms with van der Waals surface area (Å²) in [6.45, 7) is 4.60. The molecule has 0 fully saturated rings. The lowest BCUT2D eigenvalue weighted by Crippen LogP contribution is -2.27. The number of Topliss-reactive ketones (excluding diaryl/α,β-unsaturated/α-hetero) is 2. The van der Waals surface area contributed by atoms with Crippen molar-refractivity contribution in [1.29, 1.82) is 0 Å². The number of hydrogen-bond acceptors (Lipinski definition) is 7. The van der Waals surface area contributed by atoms with Gasteiger partial charge in [0.25, 0.3) is 0 Å². The number of rotatable bonds is 10. The lowest BCUT2D eigenvalue weighted by molar-refractivity contribution is -0.107. The molecule has 0 bridgehead atoms. The van der Waals surface area contributed by atoms with E-state index in [1.54, 1.807) is 84.9 Å². The molecule has 4 aromatic carbocycles. The highest BCUT2D eigenvalue weighted by atomic mass is 16.7. The predicted molar refractivity (Wildman–Crippen MR) is 157 cm³/mol. The minimum Gasteiger partial charge on any atom is -0.411 e. The molecule has 1 amide bonds. The first-order valence-corrected chi connectivity index (χ1v) is 13.0. The Bertz CT molecular complexity index is 1290. The van der Waals surface area contributed by atoms with Gasteiger partial charge in [0.05, 0.1) is 0 Å². The van der Waals surface area contributed by atoms with E-state index in [0.29, 0.717) is 35.7 Å².